The van der Waals surface area contributed by atoms with Crippen molar-refractivity contribution in [1.29, 1.82) is 0 Å². The van der Waals surface area contributed by atoms with Gasteiger partial charge in [-0.1, -0.05) is 40.2 Å². The molecule has 1 nitrogen and oxygen atoms in total. The maximum absolute atomic E-state index is 11.0. The molecule has 52 valence electrons. The Morgan fingerprint density at radius 1 is 1.40 bits per heavy atom. The Labute approximate surface area is 68.2 Å². The Balaban J connectivity index is 2.80. The first-order chi connectivity index (χ1) is 4.84. The lowest BCUT2D eigenvalue weighted by Crippen LogP contribution is -1.98. The van der Waals surface area contributed by atoms with Gasteiger partial charge in [-0.2, -0.15) is 0 Å². The Kier molecular flexibility index (Phi) is 2.63. The van der Waals surface area contributed by atoms with E-state index in [1.165, 1.54) is 0 Å². The standard InChI is InChI=1S/C8H7BrO/c9-6-5-7-3-1-2-4-8(7)10/h1-5H,6H2/b7-5-. The lowest BCUT2D eigenvalue weighted by Gasteiger charge is -1.97. The fraction of sp³-hybridized carbons (Fsp3) is 0.125. The van der Waals surface area contributed by atoms with Crippen LogP contribution in [0.5, 0.6) is 0 Å². The van der Waals surface area contributed by atoms with Crippen LogP contribution in [0.3, 0.4) is 0 Å². The fourth-order valence-corrected chi connectivity index (χ4v) is 1.08. The van der Waals surface area contributed by atoms with Gasteiger partial charge in [0.2, 0.25) is 0 Å². The average molecular weight is 199 g/mol. The number of alkyl halides is 1. The van der Waals surface area contributed by atoms with E-state index in [4.69, 9.17) is 0 Å². The van der Waals surface area contributed by atoms with Gasteiger partial charge in [-0.25, -0.2) is 0 Å². The molecule has 0 spiro atoms. The highest BCUT2D eigenvalue weighted by molar-refractivity contribution is 9.09. The number of hydrogen-bond donors (Lipinski definition) is 0. The number of ketones is 1. The molecule has 2 heteroatoms. The molecule has 0 aliphatic heterocycles. The van der Waals surface area contributed by atoms with Crippen molar-refractivity contribution in [2.24, 2.45) is 0 Å². The Morgan fingerprint density at radius 2 is 2.10 bits per heavy atom. The maximum atomic E-state index is 11.0. The van der Waals surface area contributed by atoms with Crippen LogP contribution in [-0.4, -0.2) is 11.1 Å². The summed E-state index contributed by atoms with van der Waals surface area (Å²) in [4.78, 5) is 11.0. The summed E-state index contributed by atoms with van der Waals surface area (Å²) < 4.78 is 0. The second-order valence-electron chi connectivity index (χ2n) is 1.90. The van der Waals surface area contributed by atoms with Crippen LogP contribution >= 0.6 is 15.9 Å². The van der Waals surface area contributed by atoms with E-state index in [2.05, 4.69) is 15.9 Å². The lowest BCUT2D eigenvalue weighted by molar-refractivity contribution is -0.111. The molecule has 0 aromatic rings. The predicted molar refractivity (Wildman–Crippen MR) is 45.2 cm³/mol. The second-order valence-corrected chi connectivity index (χ2v) is 2.54. The van der Waals surface area contributed by atoms with E-state index in [0.717, 1.165) is 10.9 Å². The third kappa shape index (κ3) is 1.67. The van der Waals surface area contributed by atoms with Crippen molar-refractivity contribution in [3.8, 4) is 0 Å². The molecular weight excluding hydrogens is 192 g/mol. The minimum absolute atomic E-state index is 0.0851. The Bertz CT molecular complexity index is 223. The molecule has 0 N–H and O–H groups in total. The zero-order chi connectivity index (χ0) is 7.40. The van der Waals surface area contributed by atoms with Gasteiger partial charge in [-0.15, -0.1) is 0 Å². The smallest absolute Gasteiger partial charge is 0.185 e. The quantitative estimate of drug-likeness (QED) is 0.466. The first kappa shape index (κ1) is 7.48. The number of rotatable bonds is 1. The summed E-state index contributed by atoms with van der Waals surface area (Å²) in [6.07, 6.45) is 8.82. The SMILES string of the molecule is O=C1C=CC=C/C1=C/CBr. The summed E-state index contributed by atoms with van der Waals surface area (Å²) >= 11 is 3.23. The highest BCUT2D eigenvalue weighted by Crippen LogP contribution is 2.06. The number of allylic oxidation sites excluding steroid dienone is 6. The normalized spacial score (nSPS) is 20.5. The van der Waals surface area contributed by atoms with E-state index in [1.54, 1.807) is 12.2 Å². The summed E-state index contributed by atoms with van der Waals surface area (Å²) in [5.74, 6) is 0.0851. The van der Waals surface area contributed by atoms with Gasteiger partial charge in [0.1, 0.15) is 0 Å². The van der Waals surface area contributed by atoms with E-state index in [-0.39, 0.29) is 5.78 Å². The van der Waals surface area contributed by atoms with Crippen molar-refractivity contribution < 1.29 is 4.79 Å². The van der Waals surface area contributed by atoms with E-state index in [9.17, 15) is 4.79 Å². The molecule has 0 radical (unpaired) electrons. The van der Waals surface area contributed by atoms with E-state index < -0.39 is 0 Å². The molecule has 0 saturated carbocycles. The van der Waals surface area contributed by atoms with Gasteiger partial charge in [-0.05, 0) is 6.08 Å². The lowest BCUT2D eigenvalue weighted by atomic mass is 10.1. The number of hydrogen-bond acceptors (Lipinski definition) is 1. The van der Waals surface area contributed by atoms with Crippen LogP contribution in [0.15, 0.2) is 36.0 Å². The zero-order valence-corrected chi connectivity index (χ0v) is 6.97. The van der Waals surface area contributed by atoms with Gasteiger partial charge >= 0.3 is 0 Å². The van der Waals surface area contributed by atoms with E-state index >= 15 is 0 Å². The molecule has 0 amide bonds. The summed E-state index contributed by atoms with van der Waals surface area (Å²) in [5, 5.41) is 0.728. The Hall–Kier alpha value is -0.630. The molecular formula is C8H7BrO. The molecule has 10 heavy (non-hydrogen) atoms. The summed E-state index contributed by atoms with van der Waals surface area (Å²) in [5.41, 5.74) is 0.763. The first-order valence-corrected chi connectivity index (χ1v) is 4.12. The fourth-order valence-electron chi connectivity index (χ4n) is 0.732. The molecule has 0 aromatic carbocycles. The molecule has 0 aromatic heterocycles. The maximum Gasteiger partial charge on any atom is 0.185 e. The topological polar surface area (TPSA) is 17.1 Å². The second kappa shape index (κ2) is 3.52. The van der Waals surface area contributed by atoms with Crippen molar-refractivity contribution in [1.82, 2.24) is 0 Å². The third-order valence-electron chi connectivity index (χ3n) is 1.22. The monoisotopic (exact) mass is 198 g/mol. The van der Waals surface area contributed by atoms with Crippen LogP contribution in [0.4, 0.5) is 0 Å². The van der Waals surface area contributed by atoms with Crippen molar-refractivity contribution in [3.05, 3.63) is 36.0 Å². The largest absolute Gasteiger partial charge is 0.289 e. The first-order valence-electron chi connectivity index (χ1n) is 3.00. The van der Waals surface area contributed by atoms with E-state index in [0.29, 0.717) is 0 Å². The number of halogens is 1. The van der Waals surface area contributed by atoms with Gasteiger partial charge in [0.15, 0.2) is 5.78 Å². The summed E-state index contributed by atoms with van der Waals surface area (Å²) in [6, 6.07) is 0. The van der Waals surface area contributed by atoms with E-state index in [1.807, 2.05) is 18.2 Å². The molecule has 1 aliphatic carbocycles. The summed E-state index contributed by atoms with van der Waals surface area (Å²) in [7, 11) is 0. The average Bonchev–Trinajstić information content (AvgIpc) is 1.94. The molecule has 0 heterocycles. The van der Waals surface area contributed by atoms with Gasteiger partial charge in [0, 0.05) is 10.9 Å². The Morgan fingerprint density at radius 3 is 2.70 bits per heavy atom. The minimum Gasteiger partial charge on any atom is -0.289 e. The van der Waals surface area contributed by atoms with Crippen LogP contribution in [-0.2, 0) is 4.79 Å². The minimum atomic E-state index is 0.0851. The highest BCUT2D eigenvalue weighted by atomic mass is 79.9. The zero-order valence-electron chi connectivity index (χ0n) is 5.38. The van der Waals surface area contributed by atoms with Crippen LogP contribution in [0.2, 0.25) is 0 Å². The van der Waals surface area contributed by atoms with Gasteiger partial charge in [0.25, 0.3) is 0 Å². The van der Waals surface area contributed by atoms with Crippen LogP contribution in [0, 0.1) is 0 Å². The predicted octanol–water partition coefficient (Wildman–Crippen LogP) is 2.00. The van der Waals surface area contributed by atoms with Crippen LogP contribution in [0.1, 0.15) is 0 Å². The molecule has 0 fully saturated rings. The van der Waals surface area contributed by atoms with Crippen molar-refractivity contribution in [3.63, 3.8) is 0 Å². The molecule has 1 aliphatic rings. The molecule has 0 bridgehead atoms. The van der Waals surface area contributed by atoms with Crippen LogP contribution in [0.25, 0.3) is 0 Å². The molecule has 0 atom stereocenters. The number of carbonyl (C=O) groups excluding carboxylic acids is 1. The number of carbonyl (C=O) groups is 1. The molecule has 1 rings (SSSR count). The van der Waals surface area contributed by atoms with Gasteiger partial charge in [0.05, 0.1) is 0 Å². The van der Waals surface area contributed by atoms with Crippen LogP contribution < -0.4 is 0 Å². The highest BCUT2D eigenvalue weighted by Gasteiger charge is 2.02. The molecule has 0 unspecified atom stereocenters. The molecule has 0 saturated heterocycles. The van der Waals surface area contributed by atoms with Gasteiger partial charge in [-0.3, -0.25) is 4.79 Å². The van der Waals surface area contributed by atoms with Crippen molar-refractivity contribution in [2.75, 3.05) is 5.33 Å². The van der Waals surface area contributed by atoms with Crippen molar-refractivity contribution >= 4 is 21.7 Å². The van der Waals surface area contributed by atoms with Crippen molar-refractivity contribution in [2.45, 2.75) is 0 Å². The van der Waals surface area contributed by atoms with Gasteiger partial charge < -0.3 is 0 Å². The summed E-state index contributed by atoms with van der Waals surface area (Å²) in [6.45, 7) is 0. The third-order valence-corrected chi connectivity index (χ3v) is 1.54.